The number of anilines is 1. The Labute approximate surface area is 182 Å². The van der Waals surface area contributed by atoms with Crippen LogP contribution >= 0.6 is 0 Å². The van der Waals surface area contributed by atoms with E-state index in [0.29, 0.717) is 11.5 Å². The SMILES string of the molecule is Cc1cc(-c2ncc(F)c(C3C4C=CC(C4)C3C(N)=O)n2)ccc1N1CCN(C)CC1. The number of benzene rings is 1. The summed E-state index contributed by atoms with van der Waals surface area (Å²) >= 11 is 0. The monoisotopic (exact) mass is 421 g/mol. The van der Waals surface area contributed by atoms with E-state index in [1.807, 2.05) is 12.1 Å². The van der Waals surface area contributed by atoms with Crippen molar-refractivity contribution in [2.45, 2.75) is 19.3 Å². The van der Waals surface area contributed by atoms with Gasteiger partial charge in [0.1, 0.15) is 0 Å². The van der Waals surface area contributed by atoms with Crippen LogP contribution in [0.25, 0.3) is 11.4 Å². The fraction of sp³-hybridized carbons (Fsp3) is 0.458. The van der Waals surface area contributed by atoms with Gasteiger partial charge in [-0.25, -0.2) is 14.4 Å². The number of allylic oxidation sites excluding steroid dienone is 2. The van der Waals surface area contributed by atoms with Gasteiger partial charge in [-0.15, -0.1) is 0 Å². The summed E-state index contributed by atoms with van der Waals surface area (Å²) in [5.41, 5.74) is 9.21. The molecule has 2 N–H and O–H groups in total. The molecule has 3 aliphatic rings. The molecule has 2 heterocycles. The van der Waals surface area contributed by atoms with Gasteiger partial charge in [-0.3, -0.25) is 4.79 Å². The average Bonchev–Trinajstić information content (AvgIpc) is 3.36. The molecular weight excluding hydrogens is 393 g/mol. The van der Waals surface area contributed by atoms with Gasteiger partial charge in [-0.05, 0) is 56.0 Å². The number of amides is 1. The average molecular weight is 422 g/mol. The Balaban J connectivity index is 1.46. The molecule has 5 rings (SSSR count). The highest BCUT2D eigenvalue weighted by atomic mass is 19.1. The van der Waals surface area contributed by atoms with Crippen LogP contribution in [0.3, 0.4) is 0 Å². The maximum absolute atomic E-state index is 14.8. The van der Waals surface area contributed by atoms with Gasteiger partial charge in [0, 0.05) is 43.3 Å². The van der Waals surface area contributed by atoms with E-state index in [1.54, 1.807) is 0 Å². The van der Waals surface area contributed by atoms with Crippen LogP contribution < -0.4 is 10.6 Å². The number of aryl methyl sites for hydroxylation is 1. The first-order valence-corrected chi connectivity index (χ1v) is 11.0. The Morgan fingerprint density at radius 3 is 2.61 bits per heavy atom. The number of carbonyl (C=O) groups excluding carboxylic acids is 1. The summed E-state index contributed by atoms with van der Waals surface area (Å²) in [5, 5.41) is 0. The molecule has 0 spiro atoms. The zero-order valence-electron chi connectivity index (χ0n) is 18.0. The zero-order valence-corrected chi connectivity index (χ0v) is 18.0. The van der Waals surface area contributed by atoms with Crippen molar-refractivity contribution in [2.24, 2.45) is 23.5 Å². The Kier molecular flexibility index (Phi) is 5.01. The maximum Gasteiger partial charge on any atom is 0.221 e. The number of nitrogens with zero attached hydrogens (tertiary/aromatic N) is 4. The largest absolute Gasteiger partial charge is 0.369 e. The highest BCUT2D eigenvalue weighted by Gasteiger charge is 2.49. The first kappa shape index (κ1) is 20.1. The number of hydrogen-bond donors (Lipinski definition) is 1. The molecule has 4 atom stereocenters. The summed E-state index contributed by atoms with van der Waals surface area (Å²) in [5.74, 6) is -0.912. The third kappa shape index (κ3) is 3.51. The first-order chi connectivity index (χ1) is 14.9. The van der Waals surface area contributed by atoms with Crippen molar-refractivity contribution in [3.05, 3.63) is 53.6 Å². The summed E-state index contributed by atoms with van der Waals surface area (Å²) in [6.07, 6.45) is 6.17. The minimum atomic E-state index is -0.466. The second-order valence-electron chi connectivity index (χ2n) is 9.12. The minimum absolute atomic E-state index is 0.0791. The standard InChI is InChI=1S/C24H28FN5O/c1-14-11-17(5-6-19(14)30-9-7-29(2)8-10-30)24-27-13-18(25)22(28-24)20-15-3-4-16(12-15)21(20)23(26)31/h3-6,11,13,15-16,20-21H,7-10,12H2,1-2H3,(H2,26,31). The van der Waals surface area contributed by atoms with E-state index in [2.05, 4.69) is 51.9 Å². The number of aromatic nitrogens is 2. The molecule has 162 valence electrons. The van der Waals surface area contributed by atoms with E-state index < -0.39 is 11.7 Å². The number of nitrogens with two attached hydrogens (primary N) is 1. The molecule has 2 aromatic rings. The lowest BCUT2D eigenvalue weighted by atomic mass is 9.80. The number of fused-ring (bicyclic) bond motifs is 2. The first-order valence-electron chi connectivity index (χ1n) is 11.0. The molecular formula is C24H28FN5O. The summed E-state index contributed by atoms with van der Waals surface area (Å²) in [7, 11) is 2.14. The van der Waals surface area contributed by atoms with Gasteiger partial charge in [0.2, 0.25) is 5.91 Å². The molecule has 31 heavy (non-hydrogen) atoms. The lowest BCUT2D eigenvalue weighted by molar-refractivity contribution is -0.123. The fourth-order valence-electron chi connectivity index (χ4n) is 5.53. The molecule has 1 aromatic carbocycles. The minimum Gasteiger partial charge on any atom is -0.369 e. The summed E-state index contributed by atoms with van der Waals surface area (Å²) < 4.78 is 14.8. The van der Waals surface area contributed by atoms with E-state index in [4.69, 9.17) is 5.73 Å². The molecule has 2 aliphatic carbocycles. The van der Waals surface area contributed by atoms with Gasteiger partial charge >= 0.3 is 0 Å². The van der Waals surface area contributed by atoms with E-state index in [0.717, 1.165) is 43.7 Å². The van der Waals surface area contributed by atoms with Crippen LogP contribution in [0.1, 0.15) is 23.6 Å². The van der Waals surface area contributed by atoms with Gasteiger partial charge in [-0.1, -0.05) is 12.2 Å². The Morgan fingerprint density at radius 2 is 1.90 bits per heavy atom. The number of piperazine rings is 1. The van der Waals surface area contributed by atoms with Crippen molar-refractivity contribution in [3.63, 3.8) is 0 Å². The predicted octanol–water partition coefficient (Wildman–Crippen LogP) is 2.73. The molecule has 1 aliphatic heterocycles. The van der Waals surface area contributed by atoms with Crippen LogP contribution in [0, 0.1) is 30.5 Å². The van der Waals surface area contributed by atoms with Crippen LogP contribution in [0.15, 0.2) is 36.5 Å². The van der Waals surface area contributed by atoms with Crippen molar-refractivity contribution in [3.8, 4) is 11.4 Å². The highest BCUT2D eigenvalue weighted by Crippen LogP contribution is 2.53. The molecule has 1 saturated heterocycles. The molecule has 4 unspecified atom stereocenters. The second-order valence-corrected chi connectivity index (χ2v) is 9.12. The smallest absolute Gasteiger partial charge is 0.221 e. The quantitative estimate of drug-likeness (QED) is 0.769. The second kappa shape index (κ2) is 7.71. The highest BCUT2D eigenvalue weighted by molar-refractivity contribution is 5.79. The molecule has 2 fully saturated rings. The lowest BCUT2D eigenvalue weighted by Gasteiger charge is -2.35. The molecule has 1 saturated carbocycles. The summed E-state index contributed by atoms with van der Waals surface area (Å²) in [4.78, 5) is 25.7. The molecule has 2 bridgehead atoms. The van der Waals surface area contributed by atoms with Crippen molar-refractivity contribution >= 4 is 11.6 Å². The topological polar surface area (TPSA) is 75.3 Å². The van der Waals surface area contributed by atoms with Gasteiger partial charge in [0.25, 0.3) is 0 Å². The van der Waals surface area contributed by atoms with Crippen LogP contribution in [0.5, 0.6) is 0 Å². The number of hydrogen-bond acceptors (Lipinski definition) is 5. The molecule has 0 radical (unpaired) electrons. The van der Waals surface area contributed by atoms with Crippen LogP contribution in [0.4, 0.5) is 10.1 Å². The third-order valence-corrected chi connectivity index (χ3v) is 7.17. The zero-order chi connectivity index (χ0) is 21.7. The van der Waals surface area contributed by atoms with Crippen LogP contribution in [0.2, 0.25) is 0 Å². The lowest BCUT2D eigenvalue weighted by Crippen LogP contribution is -2.44. The van der Waals surface area contributed by atoms with E-state index in [-0.39, 0.29) is 23.7 Å². The number of rotatable bonds is 4. The molecule has 6 nitrogen and oxygen atoms in total. The summed E-state index contributed by atoms with van der Waals surface area (Å²) in [6.45, 7) is 6.18. The fourth-order valence-corrected chi connectivity index (χ4v) is 5.53. The Bertz CT molecular complexity index is 1050. The number of primary amides is 1. The van der Waals surface area contributed by atoms with Gasteiger partial charge in [0.15, 0.2) is 11.6 Å². The van der Waals surface area contributed by atoms with Crippen LogP contribution in [-0.2, 0) is 4.79 Å². The number of likely N-dealkylation sites (N-methyl/N-ethyl adjacent to an activating group) is 1. The number of halogens is 1. The normalized spacial score (nSPS) is 27.8. The van der Waals surface area contributed by atoms with E-state index >= 15 is 0 Å². The van der Waals surface area contributed by atoms with Gasteiger partial charge in [-0.2, -0.15) is 0 Å². The van der Waals surface area contributed by atoms with E-state index in [9.17, 15) is 9.18 Å². The third-order valence-electron chi connectivity index (χ3n) is 7.17. The molecule has 7 heteroatoms. The van der Waals surface area contributed by atoms with Gasteiger partial charge in [0.05, 0.1) is 17.8 Å². The van der Waals surface area contributed by atoms with E-state index in [1.165, 1.54) is 11.9 Å². The predicted molar refractivity (Wildman–Crippen MR) is 118 cm³/mol. The van der Waals surface area contributed by atoms with Crippen molar-refractivity contribution in [1.29, 1.82) is 0 Å². The molecule has 1 amide bonds. The van der Waals surface area contributed by atoms with Crippen molar-refractivity contribution in [1.82, 2.24) is 14.9 Å². The van der Waals surface area contributed by atoms with Gasteiger partial charge < -0.3 is 15.5 Å². The Hall–Kier alpha value is -2.80. The summed E-state index contributed by atoms with van der Waals surface area (Å²) in [6, 6.07) is 6.18. The van der Waals surface area contributed by atoms with Crippen molar-refractivity contribution < 1.29 is 9.18 Å². The maximum atomic E-state index is 14.8. The van der Waals surface area contributed by atoms with Crippen molar-refractivity contribution in [2.75, 3.05) is 38.1 Å². The molecule has 1 aromatic heterocycles. The number of carbonyl (C=O) groups is 1. The van der Waals surface area contributed by atoms with Crippen LogP contribution in [-0.4, -0.2) is 54.0 Å². The Morgan fingerprint density at radius 1 is 1.16 bits per heavy atom.